The third-order valence-corrected chi connectivity index (χ3v) is 3.60. The van der Waals surface area contributed by atoms with Gasteiger partial charge in [0.1, 0.15) is 10.7 Å². The summed E-state index contributed by atoms with van der Waals surface area (Å²) < 4.78 is 25.6. The Bertz CT molecular complexity index is 566. The number of carbonyl (C=O) groups is 2. The Labute approximate surface area is 105 Å². The summed E-state index contributed by atoms with van der Waals surface area (Å²) in [6.45, 7) is 1.29. The fourth-order valence-corrected chi connectivity index (χ4v) is 2.22. The maximum absolute atomic E-state index is 11.7. The standard InChI is InChI=1S/C11H14N2O4S/c1-8(14)7-11(15)13-9-5-3-4-6-10(9)18(16,17)12-2/h3-6,12H,7H2,1-2H3,(H,13,15). The molecule has 6 nitrogen and oxygen atoms in total. The Balaban J connectivity index is 3.04. The second kappa shape index (κ2) is 5.74. The maximum Gasteiger partial charge on any atom is 0.242 e. The molecule has 0 saturated carbocycles. The van der Waals surface area contributed by atoms with Crippen molar-refractivity contribution in [1.29, 1.82) is 0 Å². The predicted octanol–water partition coefficient (Wildman–Crippen LogP) is 0.512. The van der Waals surface area contributed by atoms with Crippen molar-refractivity contribution in [3.8, 4) is 0 Å². The molecule has 0 fully saturated rings. The van der Waals surface area contributed by atoms with Crippen molar-refractivity contribution in [1.82, 2.24) is 4.72 Å². The highest BCUT2D eigenvalue weighted by atomic mass is 32.2. The molecule has 18 heavy (non-hydrogen) atoms. The molecule has 0 radical (unpaired) electrons. The highest BCUT2D eigenvalue weighted by molar-refractivity contribution is 7.89. The number of Topliss-reactive ketones (excluding diaryl/α,β-unsaturated/α-hetero) is 1. The first kappa shape index (κ1) is 14.3. The van der Waals surface area contributed by atoms with Gasteiger partial charge in [-0.3, -0.25) is 9.59 Å². The third kappa shape index (κ3) is 3.64. The van der Waals surface area contributed by atoms with E-state index in [2.05, 4.69) is 10.0 Å². The van der Waals surface area contributed by atoms with E-state index < -0.39 is 15.9 Å². The molecule has 0 aliphatic carbocycles. The van der Waals surface area contributed by atoms with Crippen molar-refractivity contribution in [2.24, 2.45) is 0 Å². The van der Waals surface area contributed by atoms with Gasteiger partial charge in [-0.2, -0.15) is 0 Å². The molecular formula is C11H14N2O4S. The lowest BCUT2D eigenvalue weighted by Gasteiger charge is -2.10. The maximum atomic E-state index is 11.7. The molecule has 1 rings (SSSR count). The second-order valence-corrected chi connectivity index (χ2v) is 5.49. The summed E-state index contributed by atoms with van der Waals surface area (Å²) in [5.41, 5.74) is 0.151. The van der Waals surface area contributed by atoms with E-state index in [-0.39, 0.29) is 22.8 Å². The average Bonchev–Trinajstić information content (AvgIpc) is 2.28. The number of para-hydroxylation sites is 1. The topological polar surface area (TPSA) is 92.3 Å². The largest absolute Gasteiger partial charge is 0.324 e. The molecule has 7 heteroatoms. The van der Waals surface area contributed by atoms with Crippen molar-refractivity contribution < 1.29 is 18.0 Å². The molecule has 0 saturated heterocycles. The molecule has 0 aromatic heterocycles. The van der Waals surface area contributed by atoms with Crippen LogP contribution in [0.4, 0.5) is 5.69 Å². The van der Waals surface area contributed by atoms with Crippen molar-refractivity contribution in [2.45, 2.75) is 18.2 Å². The smallest absolute Gasteiger partial charge is 0.242 e. The minimum absolute atomic E-state index is 0.0376. The number of sulfonamides is 1. The third-order valence-electron chi connectivity index (χ3n) is 2.13. The summed E-state index contributed by atoms with van der Waals surface area (Å²) in [5.74, 6) is -0.831. The summed E-state index contributed by atoms with van der Waals surface area (Å²) in [7, 11) is -2.37. The lowest BCUT2D eigenvalue weighted by atomic mass is 10.2. The normalized spacial score (nSPS) is 11.0. The number of ketones is 1. The van der Waals surface area contributed by atoms with Gasteiger partial charge >= 0.3 is 0 Å². The Morgan fingerprint density at radius 3 is 2.39 bits per heavy atom. The van der Waals surface area contributed by atoms with Crippen LogP contribution in [-0.2, 0) is 19.6 Å². The quantitative estimate of drug-likeness (QED) is 0.763. The van der Waals surface area contributed by atoms with E-state index in [1.54, 1.807) is 12.1 Å². The van der Waals surface area contributed by atoms with Gasteiger partial charge < -0.3 is 5.32 Å². The first-order valence-electron chi connectivity index (χ1n) is 5.18. The average molecular weight is 270 g/mol. The van der Waals surface area contributed by atoms with Crippen LogP contribution in [0.25, 0.3) is 0 Å². The molecule has 0 atom stereocenters. The summed E-state index contributed by atoms with van der Waals surface area (Å²) in [5, 5.41) is 2.40. The first-order chi connectivity index (χ1) is 8.36. The van der Waals surface area contributed by atoms with E-state index in [1.807, 2.05) is 0 Å². The van der Waals surface area contributed by atoms with Crippen LogP contribution < -0.4 is 10.0 Å². The van der Waals surface area contributed by atoms with Gasteiger partial charge in [-0.1, -0.05) is 12.1 Å². The van der Waals surface area contributed by atoms with Gasteiger partial charge in [0.25, 0.3) is 0 Å². The number of anilines is 1. The van der Waals surface area contributed by atoms with Crippen LogP contribution in [0, 0.1) is 0 Å². The molecule has 0 heterocycles. The van der Waals surface area contributed by atoms with E-state index in [1.165, 1.54) is 26.1 Å². The minimum Gasteiger partial charge on any atom is -0.324 e. The van der Waals surface area contributed by atoms with Crippen molar-refractivity contribution in [3.05, 3.63) is 24.3 Å². The number of benzene rings is 1. The van der Waals surface area contributed by atoms with Crippen LogP contribution in [-0.4, -0.2) is 27.2 Å². The summed E-state index contributed by atoms with van der Waals surface area (Å²) in [4.78, 5) is 22.2. The van der Waals surface area contributed by atoms with E-state index in [9.17, 15) is 18.0 Å². The molecular weight excluding hydrogens is 256 g/mol. The number of hydrogen-bond donors (Lipinski definition) is 2. The number of carbonyl (C=O) groups excluding carboxylic acids is 2. The molecule has 0 bridgehead atoms. The zero-order valence-electron chi connectivity index (χ0n) is 10.1. The molecule has 0 spiro atoms. The first-order valence-corrected chi connectivity index (χ1v) is 6.67. The molecule has 0 aliphatic rings. The van der Waals surface area contributed by atoms with Crippen LogP contribution in [0.15, 0.2) is 29.2 Å². The van der Waals surface area contributed by atoms with Crippen LogP contribution >= 0.6 is 0 Å². The van der Waals surface area contributed by atoms with Crippen LogP contribution in [0.2, 0.25) is 0 Å². The number of hydrogen-bond acceptors (Lipinski definition) is 4. The monoisotopic (exact) mass is 270 g/mol. The van der Waals surface area contributed by atoms with Crippen molar-refractivity contribution in [2.75, 3.05) is 12.4 Å². The summed E-state index contributed by atoms with van der Waals surface area (Å²) >= 11 is 0. The summed E-state index contributed by atoms with van der Waals surface area (Å²) in [6.07, 6.45) is -0.284. The van der Waals surface area contributed by atoms with Crippen LogP contribution in [0.3, 0.4) is 0 Å². The number of rotatable bonds is 5. The highest BCUT2D eigenvalue weighted by Crippen LogP contribution is 2.20. The van der Waals surface area contributed by atoms with Gasteiger partial charge in [-0.15, -0.1) is 0 Å². The molecule has 1 amide bonds. The van der Waals surface area contributed by atoms with Crippen LogP contribution in [0.1, 0.15) is 13.3 Å². The van der Waals surface area contributed by atoms with E-state index in [4.69, 9.17) is 0 Å². The molecule has 98 valence electrons. The highest BCUT2D eigenvalue weighted by Gasteiger charge is 2.17. The van der Waals surface area contributed by atoms with Crippen molar-refractivity contribution >= 4 is 27.4 Å². The zero-order valence-corrected chi connectivity index (χ0v) is 10.9. The van der Waals surface area contributed by atoms with E-state index in [0.29, 0.717) is 0 Å². The Morgan fingerprint density at radius 1 is 1.22 bits per heavy atom. The van der Waals surface area contributed by atoms with Gasteiger partial charge in [-0.25, -0.2) is 13.1 Å². The summed E-state index contributed by atoms with van der Waals surface area (Å²) in [6, 6.07) is 5.97. The Kier molecular flexibility index (Phi) is 4.57. The molecule has 0 aliphatic heterocycles. The number of amides is 1. The molecule has 1 aromatic rings. The second-order valence-electron chi connectivity index (χ2n) is 3.63. The molecule has 0 unspecified atom stereocenters. The minimum atomic E-state index is -3.65. The fourth-order valence-electron chi connectivity index (χ4n) is 1.33. The van der Waals surface area contributed by atoms with Gasteiger partial charge in [-0.05, 0) is 26.1 Å². The Morgan fingerprint density at radius 2 is 1.83 bits per heavy atom. The van der Waals surface area contributed by atoms with E-state index in [0.717, 1.165) is 0 Å². The van der Waals surface area contributed by atoms with Crippen LogP contribution in [0.5, 0.6) is 0 Å². The SMILES string of the molecule is CNS(=O)(=O)c1ccccc1NC(=O)CC(C)=O. The van der Waals surface area contributed by atoms with Crippen molar-refractivity contribution in [3.63, 3.8) is 0 Å². The zero-order chi connectivity index (χ0) is 13.8. The fraction of sp³-hybridized carbons (Fsp3) is 0.273. The van der Waals surface area contributed by atoms with E-state index >= 15 is 0 Å². The van der Waals surface area contributed by atoms with Gasteiger partial charge in [0.05, 0.1) is 12.1 Å². The number of nitrogens with one attached hydrogen (secondary N) is 2. The lowest BCUT2D eigenvalue weighted by molar-refractivity contribution is -0.124. The lowest BCUT2D eigenvalue weighted by Crippen LogP contribution is -2.22. The van der Waals surface area contributed by atoms with Gasteiger partial charge in [0.2, 0.25) is 15.9 Å². The van der Waals surface area contributed by atoms with Gasteiger partial charge in [0, 0.05) is 0 Å². The predicted molar refractivity (Wildman–Crippen MR) is 66.6 cm³/mol. The molecule has 2 N–H and O–H groups in total. The van der Waals surface area contributed by atoms with Gasteiger partial charge in [0.15, 0.2) is 0 Å². The Hall–Kier alpha value is -1.73. The molecule has 1 aromatic carbocycles.